The van der Waals surface area contributed by atoms with Gasteiger partial charge in [-0.05, 0) is 29.7 Å². The lowest BCUT2D eigenvalue weighted by Gasteiger charge is -2.16. The molecule has 2 aromatic carbocycles. The first kappa shape index (κ1) is 13.2. The number of fused-ring (bicyclic) bond motifs is 1. The normalized spacial score (nSPS) is 17.1. The van der Waals surface area contributed by atoms with Gasteiger partial charge in [0, 0.05) is 12.0 Å². The summed E-state index contributed by atoms with van der Waals surface area (Å²) in [6.07, 6.45) is 1.03. The fourth-order valence-corrected chi connectivity index (χ4v) is 2.89. The number of nitrogens with one attached hydrogen (secondary N) is 1. The van der Waals surface area contributed by atoms with Gasteiger partial charge in [-0.3, -0.25) is 5.32 Å². The fourth-order valence-electron chi connectivity index (χ4n) is 2.89. The van der Waals surface area contributed by atoms with E-state index in [1.54, 1.807) is 0 Å². The molecule has 0 bridgehead atoms. The molecule has 20 heavy (non-hydrogen) atoms. The zero-order valence-electron chi connectivity index (χ0n) is 12.3. The maximum Gasteiger partial charge on any atom is 0.154 e. The summed E-state index contributed by atoms with van der Waals surface area (Å²) in [6.45, 7) is 4.47. The first-order chi connectivity index (χ1) is 9.70. The summed E-state index contributed by atoms with van der Waals surface area (Å²) in [5, 5.41) is 3.20. The van der Waals surface area contributed by atoms with Gasteiger partial charge in [-0.15, -0.1) is 0 Å². The minimum Gasteiger partial charge on any atom is -0.474 e. The van der Waals surface area contributed by atoms with Crippen LogP contribution in [0.1, 0.15) is 30.9 Å². The molecule has 104 valence electrons. The Kier molecular flexibility index (Phi) is 3.49. The lowest BCUT2D eigenvalue weighted by molar-refractivity contribution is 0.204. The van der Waals surface area contributed by atoms with Crippen LogP contribution in [-0.4, -0.2) is 13.3 Å². The number of para-hydroxylation sites is 1. The van der Waals surface area contributed by atoms with Crippen LogP contribution in [0.3, 0.4) is 0 Å². The second-order valence-electron chi connectivity index (χ2n) is 5.64. The van der Waals surface area contributed by atoms with Gasteiger partial charge >= 0.3 is 0 Å². The first-order valence-corrected chi connectivity index (χ1v) is 7.26. The highest BCUT2D eigenvalue weighted by Crippen LogP contribution is 2.40. The summed E-state index contributed by atoms with van der Waals surface area (Å²) in [5.41, 5.74) is 5.17. The van der Waals surface area contributed by atoms with Crippen molar-refractivity contribution in [2.45, 2.75) is 32.4 Å². The minimum absolute atomic E-state index is 0.0948. The Labute approximate surface area is 120 Å². The van der Waals surface area contributed by atoms with E-state index in [2.05, 4.69) is 61.6 Å². The van der Waals surface area contributed by atoms with E-state index in [1.165, 1.54) is 22.3 Å². The molecule has 0 aromatic heterocycles. The standard InChI is InChI=1S/C18H21NO/c1-12(2)14-8-4-5-9-15(14)16-10-6-7-13-11-17(19-3)20-18(13)16/h4-10,12,17,19H,11H2,1-3H3. The third kappa shape index (κ3) is 2.20. The molecule has 0 saturated heterocycles. The highest BCUT2D eigenvalue weighted by Gasteiger charge is 2.25. The Morgan fingerprint density at radius 3 is 2.55 bits per heavy atom. The Hall–Kier alpha value is -1.80. The Balaban J connectivity index is 2.12. The van der Waals surface area contributed by atoms with Crippen LogP contribution >= 0.6 is 0 Å². The first-order valence-electron chi connectivity index (χ1n) is 7.26. The van der Waals surface area contributed by atoms with E-state index in [4.69, 9.17) is 4.74 Å². The maximum atomic E-state index is 6.07. The molecule has 1 unspecified atom stereocenters. The van der Waals surface area contributed by atoms with E-state index in [9.17, 15) is 0 Å². The van der Waals surface area contributed by atoms with Gasteiger partial charge in [0.2, 0.25) is 0 Å². The molecule has 1 N–H and O–H groups in total. The molecule has 0 spiro atoms. The van der Waals surface area contributed by atoms with Gasteiger partial charge in [0.15, 0.2) is 6.23 Å². The average molecular weight is 267 g/mol. The van der Waals surface area contributed by atoms with Gasteiger partial charge in [0.1, 0.15) is 5.75 Å². The fraction of sp³-hybridized carbons (Fsp3) is 0.333. The van der Waals surface area contributed by atoms with Crippen LogP contribution in [0, 0.1) is 0 Å². The molecule has 0 saturated carbocycles. The van der Waals surface area contributed by atoms with Crippen molar-refractivity contribution in [1.29, 1.82) is 0 Å². The van der Waals surface area contributed by atoms with Crippen LogP contribution in [0.15, 0.2) is 42.5 Å². The Morgan fingerprint density at radius 2 is 1.80 bits per heavy atom. The molecule has 0 amide bonds. The van der Waals surface area contributed by atoms with E-state index in [-0.39, 0.29) is 6.23 Å². The van der Waals surface area contributed by atoms with Crippen molar-refractivity contribution < 1.29 is 4.74 Å². The molecule has 0 radical (unpaired) electrons. The molecule has 2 nitrogen and oxygen atoms in total. The van der Waals surface area contributed by atoms with Crippen molar-refractivity contribution in [3.8, 4) is 16.9 Å². The van der Waals surface area contributed by atoms with Crippen molar-refractivity contribution in [2.75, 3.05) is 7.05 Å². The SMILES string of the molecule is CNC1Cc2cccc(-c3ccccc3C(C)C)c2O1. The van der Waals surface area contributed by atoms with Gasteiger partial charge in [0.05, 0.1) is 0 Å². The molecule has 0 aliphatic carbocycles. The van der Waals surface area contributed by atoms with Crippen molar-refractivity contribution in [3.63, 3.8) is 0 Å². The summed E-state index contributed by atoms with van der Waals surface area (Å²) in [6, 6.07) is 15.1. The maximum absolute atomic E-state index is 6.07. The lowest BCUT2D eigenvalue weighted by atomic mass is 9.91. The quantitative estimate of drug-likeness (QED) is 0.909. The van der Waals surface area contributed by atoms with Crippen LogP contribution in [-0.2, 0) is 6.42 Å². The topological polar surface area (TPSA) is 21.3 Å². The number of benzene rings is 2. The van der Waals surface area contributed by atoms with Gasteiger partial charge in [0.25, 0.3) is 0 Å². The molecule has 1 aliphatic rings. The minimum atomic E-state index is 0.0948. The number of ether oxygens (including phenoxy) is 1. The van der Waals surface area contributed by atoms with E-state index in [0.29, 0.717) is 5.92 Å². The summed E-state index contributed by atoms with van der Waals surface area (Å²) < 4.78 is 6.07. The van der Waals surface area contributed by atoms with Crippen LogP contribution in [0.25, 0.3) is 11.1 Å². The Bertz CT molecular complexity index is 619. The summed E-state index contributed by atoms with van der Waals surface area (Å²) in [7, 11) is 1.94. The number of hydrogen-bond donors (Lipinski definition) is 1. The van der Waals surface area contributed by atoms with Gasteiger partial charge < -0.3 is 4.74 Å². The predicted molar refractivity (Wildman–Crippen MR) is 83.1 cm³/mol. The van der Waals surface area contributed by atoms with E-state index in [1.807, 2.05) is 7.05 Å². The predicted octanol–water partition coefficient (Wildman–Crippen LogP) is 3.96. The molecule has 1 aliphatic heterocycles. The average Bonchev–Trinajstić information content (AvgIpc) is 2.90. The second kappa shape index (κ2) is 5.29. The van der Waals surface area contributed by atoms with Gasteiger partial charge in [-0.25, -0.2) is 0 Å². The van der Waals surface area contributed by atoms with Crippen LogP contribution in [0.4, 0.5) is 0 Å². The smallest absolute Gasteiger partial charge is 0.154 e. The van der Waals surface area contributed by atoms with Crippen molar-refractivity contribution in [1.82, 2.24) is 5.32 Å². The largest absolute Gasteiger partial charge is 0.474 e. The van der Waals surface area contributed by atoms with Crippen LogP contribution < -0.4 is 10.1 Å². The van der Waals surface area contributed by atoms with E-state index >= 15 is 0 Å². The van der Waals surface area contributed by atoms with Crippen molar-refractivity contribution in [3.05, 3.63) is 53.6 Å². The molecule has 0 fully saturated rings. The zero-order valence-corrected chi connectivity index (χ0v) is 12.3. The van der Waals surface area contributed by atoms with Gasteiger partial charge in [-0.2, -0.15) is 0 Å². The number of rotatable bonds is 3. The monoisotopic (exact) mass is 267 g/mol. The van der Waals surface area contributed by atoms with E-state index < -0.39 is 0 Å². The van der Waals surface area contributed by atoms with Crippen molar-refractivity contribution >= 4 is 0 Å². The number of hydrogen-bond acceptors (Lipinski definition) is 2. The van der Waals surface area contributed by atoms with E-state index in [0.717, 1.165) is 12.2 Å². The van der Waals surface area contributed by atoms with Crippen LogP contribution in [0.2, 0.25) is 0 Å². The van der Waals surface area contributed by atoms with Gasteiger partial charge in [-0.1, -0.05) is 56.3 Å². The molecule has 1 heterocycles. The molecule has 1 atom stereocenters. The Morgan fingerprint density at radius 1 is 1.05 bits per heavy atom. The zero-order chi connectivity index (χ0) is 14.1. The molecule has 2 aromatic rings. The molecular weight excluding hydrogens is 246 g/mol. The highest BCUT2D eigenvalue weighted by molar-refractivity contribution is 5.76. The third-order valence-corrected chi connectivity index (χ3v) is 3.96. The number of likely N-dealkylation sites (N-methyl/N-ethyl adjacent to an activating group) is 1. The lowest BCUT2D eigenvalue weighted by Crippen LogP contribution is -2.29. The third-order valence-electron chi connectivity index (χ3n) is 3.96. The second-order valence-corrected chi connectivity index (χ2v) is 5.64. The van der Waals surface area contributed by atoms with Crippen molar-refractivity contribution in [2.24, 2.45) is 0 Å². The summed E-state index contributed by atoms with van der Waals surface area (Å²) >= 11 is 0. The molecular formula is C18H21NO. The highest BCUT2D eigenvalue weighted by atomic mass is 16.5. The molecule has 3 rings (SSSR count). The molecule has 2 heteroatoms. The van der Waals surface area contributed by atoms with Crippen LogP contribution in [0.5, 0.6) is 5.75 Å². The summed E-state index contributed by atoms with van der Waals surface area (Å²) in [4.78, 5) is 0. The summed E-state index contributed by atoms with van der Waals surface area (Å²) in [5.74, 6) is 1.54.